The number of hydrogen-bond acceptors (Lipinski definition) is 4. The molecule has 0 heterocycles. The summed E-state index contributed by atoms with van der Waals surface area (Å²) >= 11 is 7.41. The molecule has 0 saturated heterocycles. The molecule has 1 N–H and O–H groups in total. The molecule has 0 bridgehead atoms. The molecule has 0 aliphatic rings. The Bertz CT molecular complexity index is 935. The highest BCUT2D eigenvalue weighted by molar-refractivity contribution is 8.00. The predicted molar refractivity (Wildman–Crippen MR) is 113 cm³/mol. The van der Waals surface area contributed by atoms with E-state index >= 15 is 0 Å². The van der Waals surface area contributed by atoms with Gasteiger partial charge >= 0.3 is 5.97 Å². The molecule has 0 aromatic heterocycles. The Balaban J connectivity index is 1.66. The molecule has 0 fully saturated rings. The van der Waals surface area contributed by atoms with E-state index in [9.17, 15) is 9.59 Å². The van der Waals surface area contributed by atoms with Crippen molar-refractivity contribution in [1.82, 2.24) is 0 Å². The van der Waals surface area contributed by atoms with Crippen molar-refractivity contribution in [3.05, 3.63) is 95.5 Å². The van der Waals surface area contributed by atoms with Crippen LogP contribution in [0.25, 0.3) is 0 Å². The van der Waals surface area contributed by atoms with Crippen LogP contribution in [-0.4, -0.2) is 18.5 Å². The number of halogens is 1. The zero-order chi connectivity index (χ0) is 19.8. The van der Waals surface area contributed by atoms with Gasteiger partial charge in [0, 0.05) is 4.90 Å². The number of hydrogen-bond donors (Lipinski definition) is 1. The topological polar surface area (TPSA) is 55.4 Å². The summed E-state index contributed by atoms with van der Waals surface area (Å²) in [6.07, 6.45) is 0. The third kappa shape index (κ3) is 5.62. The van der Waals surface area contributed by atoms with Crippen LogP contribution >= 0.6 is 23.4 Å². The number of carbonyl (C=O) groups is 2. The van der Waals surface area contributed by atoms with Gasteiger partial charge in [-0.25, -0.2) is 0 Å². The van der Waals surface area contributed by atoms with Crippen molar-refractivity contribution in [2.24, 2.45) is 0 Å². The average molecular weight is 412 g/mol. The Morgan fingerprint density at radius 1 is 0.893 bits per heavy atom. The number of ether oxygens (including phenoxy) is 1. The molecular formula is C22H18ClNO3S. The summed E-state index contributed by atoms with van der Waals surface area (Å²) in [6, 6.07) is 25.8. The largest absolute Gasteiger partial charge is 0.454 e. The van der Waals surface area contributed by atoms with Gasteiger partial charge < -0.3 is 10.1 Å². The molecule has 142 valence electrons. The zero-order valence-corrected chi connectivity index (χ0v) is 16.5. The van der Waals surface area contributed by atoms with Crippen LogP contribution in [-0.2, 0) is 14.3 Å². The number of amides is 1. The molecule has 0 radical (unpaired) electrons. The highest BCUT2D eigenvalue weighted by Crippen LogP contribution is 2.36. The van der Waals surface area contributed by atoms with Crippen LogP contribution in [0.2, 0.25) is 5.02 Å². The van der Waals surface area contributed by atoms with Gasteiger partial charge in [-0.2, -0.15) is 0 Å². The summed E-state index contributed by atoms with van der Waals surface area (Å²) in [5.41, 5.74) is 1.29. The van der Waals surface area contributed by atoms with Gasteiger partial charge in [0.25, 0.3) is 5.91 Å². The van der Waals surface area contributed by atoms with E-state index in [0.29, 0.717) is 10.7 Å². The summed E-state index contributed by atoms with van der Waals surface area (Å²) in [7, 11) is 0. The number of benzene rings is 3. The lowest BCUT2D eigenvalue weighted by Gasteiger charge is -2.16. The normalized spacial score (nSPS) is 11.5. The number of anilines is 1. The quantitative estimate of drug-likeness (QED) is 0.420. The number of para-hydroxylation sites is 1. The van der Waals surface area contributed by atoms with E-state index in [4.69, 9.17) is 16.3 Å². The highest BCUT2D eigenvalue weighted by atomic mass is 35.5. The Kier molecular flexibility index (Phi) is 7.12. The molecule has 3 aromatic carbocycles. The second-order valence-corrected chi connectivity index (χ2v) is 7.44. The fraction of sp³-hybridized carbons (Fsp3) is 0.0909. The molecule has 1 amide bonds. The molecule has 28 heavy (non-hydrogen) atoms. The van der Waals surface area contributed by atoms with Gasteiger partial charge in [0.1, 0.15) is 5.25 Å². The molecule has 0 spiro atoms. The molecule has 0 saturated carbocycles. The minimum absolute atomic E-state index is 0.386. The summed E-state index contributed by atoms with van der Waals surface area (Å²) < 4.78 is 5.29. The molecule has 3 rings (SSSR count). The van der Waals surface area contributed by atoms with Crippen LogP contribution < -0.4 is 5.32 Å². The molecule has 6 heteroatoms. The summed E-state index contributed by atoms with van der Waals surface area (Å²) in [5.74, 6) is -0.924. The van der Waals surface area contributed by atoms with Crippen molar-refractivity contribution in [2.75, 3.05) is 11.9 Å². The van der Waals surface area contributed by atoms with Crippen LogP contribution in [0.4, 0.5) is 5.69 Å². The Morgan fingerprint density at radius 3 is 2.18 bits per heavy atom. The first kappa shape index (κ1) is 20.0. The van der Waals surface area contributed by atoms with E-state index in [1.54, 1.807) is 24.3 Å². The fourth-order valence-corrected chi connectivity index (χ4v) is 3.70. The number of esters is 1. The van der Waals surface area contributed by atoms with E-state index in [0.717, 1.165) is 10.5 Å². The third-order valence-corrected chi connectivity index (χ3v) is 5.38. The van der Waals surface area contributed by atoms with Crippen molar-refractivity contribution < 1.29 is 14.3 Å². The molecule has 4 nitrogen and oxygen atoms in total. The van der Waals surface area contributed by atoms with Crippen LogP contribution in [0.3, 0.4) is 0 Å². The highest BCUT2D eigenvalue weighted by Gasteiger charge is 2.24. The van der Waals surface area contributed by atoms with Crippen molar-refractivity contribution >= 4 is 40.9 Å². The third-order valence-electron chi connectivity index (χ3n) is 3.81. The Morgan fingerprint density at radius 2 is 1.50 bits per heavy atom. The molecule has 0 aliphatic carbocycles. The first-order chi connectivity index (χ1) is 13.6. The van der Waals surface area contributed by atoms with Crippen molar-refractivity contribution in [1.29, 1.82) is 0 Å². The molecule has 0 unspecified atom stereocenters. The number of carbonyl (C=O) groups excluding carboxylic acids is 2. The van der Waals surface area contributed by atoms with Crippen molar-refractivity contribution in [3.8, 4) is 0 Å². The smallest absolute Gasteiger partial charge is 0.324 e. The maximum absolute atomic E-state index is 12.7. The van der Waals surface area contributed by atoms with Gasteiger partial charge in [-0.1, -0.05) is 72.3 Å². The van der Waals surface area contributed by atoms with Gasteiger partial charge in [-0.3, -0.25) is 9.59 Å². The molecule has 1 atom stereocenters. The average Bonchev–Trinajstić information content (AvgIpc) is 2.73. The SMILES string of the molecule is O=C(COC(=O)[C@H](Sc1ccccc1)c1ccccc1)Nc1ccccc1Cl. The van der Waals surface area contributed by atoms with Crippen LogP contribution in [0.1, 0.15) is 10.8 Å². The van der Waals surface area contributed by atoms with E-state index < -0.39 is 17.1 Å². The minimum atomic E-state index is -0.572. The molecule has 3 aromatic rings. The van der Waals surface area contributed by atoms with E-state index in [1.807, 2.05) is 60.7 Å². The maximum Gasteiger partial charge on any atom is 0.324 e. The van der Waals surface area contributed by atoms with Crippen molar-refractivity contribution in [2.45, 2.75) is 10.1 Å². The lowest BCUT2D eigenvalue weighted by molar-refractivity contribution is -0.146. The van der Waals surface area contributed by atoms with Crippen molar-refractivity contribution in [3.63, 3.8) is 0 Å². The Hall–Kier alpha value is -2.76. The van der Waals surface area contributed by atoms with Gasteiger partial charge in [0.05, 0.1) is 10.7 Å². The van der Waals surface area contributed by atoms with Crippen LogP contribution in [0, 0.1) is 0 Å². The van der Waals surface area contributed by atoms with Gasteiger partial charge in [0.15, 0.2) is 6.61 Å². The summed E-state index contributed by atoms with van der Waals surface area (Å²) in [6.45, 7) is -0.386. The number of nitrogens with one attached hydrogen (secondary N) is 1. The lowest BCUT2D eigenvalue weighted by Crippen LogP contribution is -2.23. The Labute approximate surface area is 172 Å². The van der Waals surface area contributed by atoms with Gasteiger partial charge in [0.2, 0.25) is 0 Å². The molecule has 0 aliphatic heterocycles. The summed E-state index contributed by atoms with van der Waals surface area (Å²) in [4.78, 5) is 25.8. The fourth-order valence-electron chi connectivity index (χ4n) is 2.48. The summed E-state index contributed by atoms with van der Waals surface area (Å²) in [5, 5.41) is 2.49. The van der Waals surface area contributed by atoms with Gasteiger partial charge in [-0.05, 0) is 29.8 Å². The predicted octanol–water partition coefficient (Wildman–Crippen LogP) is 5.36. The van der Waals surface area contributed by atoms with E-state index in [2.05, 4.69) is 5.32 Å². The first-order valence-corrected chi connectivity index (χ1v) is 9.87. The maximum atomic E-state index is 12.7. The van der Waals surface area contributed by atoms with E-state index in [-0.39, 0.29) is 6.61 Å². The van der Waals surface area contributed by atoms with E-state index in [1.165, 1.54) is 11.8 Å². The van der Waals surface area contributed by atoms with Crippen LogP contribution in [0.15, 0.2) is 89.8 Å². The zero-order valence-electron chi connectivity index (χ0n) is 14.9. The first-order valence-electron chi connectivity index (χ1n) is 8.61. The van der Waals surface area contributed by atoms with Crippen LogP contribution in [0.5, 0.6) is 0 Å². The monoisotopic (exact) mass is 411 g/mol. The number of rotatable bonds is 7. The second kappa shape index (κ2) is 9.97. The minimum Gasteiger partial charge on any atom is -0.454 e. The molecular weight excluding hydrogens is 394 g/mol. The lowest BCUT2D eigenvalue weighted by atomic mass is 10.1. The standard InChI is InChI=1S/C22H18ClNO3S/c23-18-13-7-8-14-19(18)24-20(25)15-27-22(26)21(16-9-3-1-4-10-16)28-17-11-5-2-6-12-17/h1-14,21H,15H2,(H,24,25)/t21-/m1/s1. The second-order valence-electron chi connectivity index (χ2n) is 5.86. The number of thioether (sulfide) groups is 1. The van der Waals surface area contributed by atoms with Gasteiger partial charge in [-0.15, -0.1) is 11.8 Å².